The average Bonchev–Trinajstić information content (AvgIpc) is 2.77. The Labute approximate surface area is 179 Å². The molecule has 5 heteroatoms. The normalized spacial score (nSPS) is 22.6. The van der Waals surface area contributed by atoms with E-state index in [0.29, 0.717) is 18.0 Å². The Morgan fingerprint density at radius 1 is 0.967 bits per heavy atom. The highest BCUT2D eigenvalue weighted by Crippen LogP contribution is 2.36. The third kappa shape index (κ3) is 4.31. The number of likely N-dealkylation sites (tertiary alicyclic amines) is 2. The molecule has 4 rings (SSSR count). The molecule has 2 saturated heterocycles. The van der Waals surface area contributed by atoms with Crippen molar-refractivity contribution in [2.75, 3.05) is 26.7 Å². The predicted octanol–water partition coefficient (Wildman–Crippen LogP) is 4.09. The number of para-hydroxylation sites is 1. The fourth-order valence-electron chi connectivity index (χ4n) is 4.78. The second-order valence-electron chi connectivity index (χ2n) is 8.61. The lowest BCUT2D eigenvalue weighted by Gasteiger charge is -2.54. The Bertz CT molecular complexity index is 829. The van der Waals surface area contributed by atoms with Crippen molar-refractivity contribution in [1.82, 2.24) is 9.80 Å². The van der Waals surface area contributed by atoms with Gasteiger partial charge in [0, 0.05) is 31.2 Å². The quantitative estimate of drug-likeness (QED) is 0.722. The molecule has 0 spiro atoms. The van der Waals surface area contributed by atoms with Gasteiger partial charge >= 0.3 is 0 Å². The summed E-state index contributed by atoms with van der Waals surface area (Å²) in [5, 5.41) is 0. The summed E-state index contributed by atoms with van der Waals surface area (Å²) in [5.74, 6) is 2.38. The molecule has 2 aromatic carbocycles. The zero-order valence-electron chi connectivity index (χ0n) is 18.2. The minimum Gasteiger partial charge on any atom is -0.497 e. The van der Waals surface area contributed by atoms with Crippen LogP contribution < -0.4 is 9.47 Å². The summed E-state index contributed by atoms with van der Waals surface area (Å²) in [7, 11) is 1.64. The van der Waals surface area contributed by atoms with Crippen LogP contribution in [-0.4, -0.2) is 60.6 Å². The van der Waals surface area contributed by atoms with Gasteiger partial charge in [-0.1, -0.05) is 18.2 Å². The molecular weight excluding hydrogens is 376 g/mol. The molecule has 2 aromatic rings. The maximum absolute atomic E-state index is 12.9. The van der Waals surface area contributed by atoms with E-state index in [4.69, 9.17) is 9.47 Å². The SMILES string of the molecule is COc1ccc(C(=O)N2CCC(C3C(Oc4ccccc4)CN3C(C)C)CC2)cc1. The molecule has 2 unspecified atom stereocenters. The molecule has 2 aliphatic rings. The van der Waals surface area contributed by atoms with Crippen molar-refractivity contribution in [3.63, 3.8) is 0 Å². The lowest BCUT2D eigenvalue weighted by Crippen LogP contribution is -2.68. The molecule has 2 atom stereocenters. The number of carbonyl (C=O) groups is 1. The molecule has 0 bridgehead atoms. The van der Waals surface area contributed by atoms with E-state index in [1.165, 1.54) is 0 Å². The monoisotopic (exact) mass is 408 g/mol. The van der Waals surface area contributed by atoms with Crippen LogP contribution in [0.4, 0.5) is 0 Å². The Morgan fingerprint density at radius 2 is 1.63 bits per heavy atom. The van der Waals surface area contributed by atoms with Gasteiger partial charge in [-0.15, -0.1) is 0 Å². The second-order valence-corrected chi connectivity index (χ2v) is 8.61. The van der Waals surface area contributed by atoms with Gasteiger partial charge in [-0.25, -0.2) is 0 Å². The number of nitrogens with zero attached hydrogens (tertiary/aromatic N) is 2. The molecule has 2 fully saturated rings. The standard InChI is InChI=1S/C25H32N2O3/c1-18(2)27-17-23(30-22-7-5-4-6-8-22)24(27)19-13-15-26(16-14-19)25(28)20-9-11-21(29-3)12-10-20/h4-12,18-19,23-24H,13-17H2,1-3H3. The second kappa shape index (κ2) is 9.09. The largest absolute Gasteiger partial charge is 0.497 e. The predicted molar refractivity (Wildman–Crippen MR) is 118 cm³/mol. The lowest BCUT2D eigenvalue weighted by molar-refractivity contribution is -0.0983. The van der Waals surface area contributed by atoms with Gasteiger partial charge in [0.2, 0.25) is 0 Å². The number of benzene rings is 2. The van der Waals surface area contributed by atoms with Crippen LogP contribution in [0.1, 0.15) is 37.0 Å². The highest BCUT2D eigenvalue weighted by molar-refractivity contribution is 5.94. The Kier molecular flexibility index (Phi) is 6.28. The fourth-order valence-corrected chi connectivity index (χ4v) is 4.78. The van der Waals surface area contributed by atoms with Crippen molar-refractivity contribution >= 4 is 5.91 Å². The minimum absolute atomic E-state index is 0.113. The summed E-state index contributed by atoms with van der Waals surface area (Å²) in [6.07, 6.45) is 2.26. The van der Waals surface area contributed by atoms with E-state index in [-0.39, 0.29) is 12.0 Å². The zero-order valence-corrected chi connectivity index (χ0v) is 18.2. The van der Waals surface area contributed by atoms with Crippen LogP contribution in [0, 0.1) is 5.92 Å². The van der Waals surface area contributed by atoms with Crippen LogP contribution in [-0.2, 0) is 0 Å². The minimum atomic E-state index is 0.113. The summed E-state index contributed by atoms with van der Waals surface area (Å²) in [6.45, 7) is 7.09. The summed E-state index contributed by atoms with van der Waals surface area (Å²) >= 11 is 0. The fraction of sp³-hybridized carbons (Fsp3) is 0.480. The number of hydrogen-bond acceptors (Lipinski definition) is 4. The molecule has 0 aromatic heterocycles. The van der Waals surface area contributed by atoms with Crippen LogP contribution in [0.15, 0.2) is 54.6 Å². The van der Waals surface area contributed by atoms with E-state index >= 15 is 0 Å². The van der Waals surface area contributed by atoms with Crippen molar-refractivity contribution in [3.8, 4) is 11.5 Å². The molecule has 5 nitrogen and oxygen atoms in total. The van der Waals surface area contributed by atoms with Crippen LogP contribution in [0.5, 0.6) is 11.5 Å². The van der Waals surface area contributed by atoms with E-state index in [9.17, 15) is 4.79 Å². The van der Waals surface area contributed by atoms with E-state index in [1.54, 1.807) is 7.11 Å². The highest BCUT2D eigenvalue weighted by atomic mass is 16.5. The first-order valence-corrected chi connectivity index (χ1v) is 11.0. The molecule has 0 aliphatic carbocycles. The Balaban J connectivity index is 1.37. The molecule has 0 radical (unpaired) electrons. The van der Waals surface area contributed by atoms with E-state index in [1.807, 2.05) is 59.5 Å². The zero-order chi connectivity index (χ0) is 21.1. The molecule has 160 valence electrons. The molecular formula is C25H32N2O3. The number of methoxy groups -OCH3 is 1. The van der Waals surface area contributed by atoms with E-state index in [0.717, 1.165) is 49.5 Å². The third-order valence-electron chi connectivity index (χ3n) is 6.50. The average molecular weight is 409 g/mol. The Hall–Kier alpha value is -2.53. The van der Waals surface area contributed by atoms with Crippen molar-refractivity contribution in [1.29, 1.82) is 0 Å². The van der Waals surface area contributed by atoms with Gasteiger partial charge in [0.05, 0.1) is 13.2 Å². The summed E-state index contributed by atoms with van der Waals surface area (Å²) in [4.78, 5) is 17.4. The maximum atomic E-state index is 12.9. The first-order valence-electron chi connectivity index (χ1n) is 11.0. The molecule has 0 saturated carbocycles. The molecule has 1 amide bonds. The first-order chi connectivity index (χ1) is 14.6. The number of piperidine rings is 1. The van der Waals surface area contributed by atoms with Crippen LogP contribution in [0.25, 0.3) is 0 Å². The number of hydrogen-bond donors (Lipinski definition) is 0. The van der Waals surface area contributed by atoms with Gasteiger partial charge in [-0.3, -0.25) is 9.69 Å². The molecule has 30 heavy (non-hydrogen) atoms. The third-order valence-corrected chi connectivity index (χ3v) is 6.50. The van der Waals surface area contributed by atoms with Crippen molar-refractivity contribution in [3.05, 3.63) is 60.2 Å². The Morgan fingerprint density at radius 3 is 2.23 bits per heavy atom. The van der Waals surface area contributed by atoms with Gasteiger partial charge in [0.1, 0.15) is 17.6 Å². The van der Waals surface area contributed by atoms with Gasteiger partial charge in [0.25, 0.3) is 5.91 Å². The smallest absolute Gasteiger partial charge is 0.253 e. The van der Waals surface area contributed by atoms with E-state index in [2.05, 4.69) is 18.7 Å². The van der Waals surface area contributed by atoms with Crippen molar-refractivity contribution in [2.45, 2.75) is 44.9 Å². The van der Waals surface area contributed by atoms with Crippen molar-refractivity contribution < 1.29 is 14.3 Å². The maximum Gasteiger partial charge on any atom is 0.253 e. The van der Waals surface area contributed by atoms with Crippen LogP contribution in [0.2, 0.25) is 0 Å². The van der Waals surface area contributed by atoms with Gasteiger partial charge in [0.15, 0.2) is 0 Å². The highest BCUT2D eigenvalue weighted by Gasteiger charge is 2.47. The number of amides is 1. The first kappa shape index (κ1) is 20.7. The number of rotatable bonds is 6. The number of ether oxygens (including phenoxy) is 2. The molecule has 0 N–H and O–H groups in total. The van der Waals surface area contributed by atoms with Crippen LogP contribution >= 0.6 is 0 Å². The molecule has 2 aliphatic heterocycles. The topological polar surface area (TPSA) is 42.0 Å². The lowest BCUT2D eigenvalue weighted by atomic mass is 9.79. The summed E-state index contributed by atoms with van der Waals surface area (Å²) in [5.41, 5.74) is 0.729. The summed E-state index contributed by atoms with van der Waals surface area (Å²) in [6, 6.07) is 18.4. The van der Waals surface area contributed by atoms with E-state index < -0.39 is 0 Å². The van der Waals surface area contributed by atoms with Crippen molar-refractivity contribution in [2.24, 2.45) is 5.92 Å². The molecule has 2 heterocycles. The van der Waals surface area contributed by atoms with Gasteiger partial charge < -0.3 is 14.4 Å². The summed E-state index contributed by atoms with van der Waals surface area (Å²) < 4.78 is 11.5. The number of carbonyl (C=O) groups excluding carboxylic acids is 1. The van der Waals surface area contributed by atoms with Gasteiger partial charge in [-0.05, 0) is 69.0 Å². The van der Waals surface area contributed by atoms with Gasteiger partial charge in [-0.2, -0.15) is 0 Å². The van der Waals surface area contributed by atoms with Crippen LogP contribution in [0.3, 0.4) is 0 Å².